The van der Waals surface area contributed by atoms with Gasteiger partial charge in [-0.05, 0) is 68.8 Å². The van der Waals surface area contributed by atoms with Gasteiger partial charge < -0.3 is 0 Å². The molecule has 16 heteroatoms. The molecule has 0 aliphatic carbocycles. The Bertz CT molecular complexity index is 37.9. The van der Waals surface area contributed by atoms with Crippen molar-refractivity contribution in [2.24, 2.45) is 0 Å². The fourth-order valence-corrected chi connectivity index (χ4v) is 0. The quantitative estimate of drug-likeness (QED) is 0.0905. The van der Waals surface area contributed by atoms with Gasteiger partial charge in [-0.15, -0.1) is 112 Å². The molecule has 0 fully saturated rings. The normalized spacial score (nSPS) is 4.67. The Labute approximate surface area is 253 Å². The highest BCUT2D eigenvalue weighted by molar-refractivity contribution is 8.69. The molecule has 0 atom stereocenters. The molecule has 0 heterocycles. The lowest BCUT2D eigenvalue weighted by Crippen LogP contribution is -1.08. The van der Waals surface area contributed by atoms with Gasteiger partial charge in [0.1, 0.15) is 0 Å². The van der Waals surface area contributed by atoms with Crippen LogP contribution in [0, 0.1) is 0 Å². The van der Waals surface area contributed by atoms with Crippen molar-refractivity contribution in [2.45, 2.75) is 0 Å². The van der Waals surface area contributed by atoms with Gasteiger partial charge in [-0.1, -0.05) is 0 Å². The molecule has 0 aromatic carbocycles. The van der Waals surface area contributed by atoms with Crippen molar-refractivity contribution in [1.29, 1.82) is 0 Å². The second-order valence-corrected chi connectivity index (χ2v) is 8.22. The molecule has 0 amide bonds. The van der Waals surface area contributed by atoms with Crippen molar-refractivity contribution >= 4 is 188 Å². The zero-order valence-corrected chi connectivity index (χ0v) is 31.9. The average Bonchev–Trinajstić information content (AvgIpc) is 2.74. The average molecular weight is 690 g/mol. The Morgan fingerprint density at radius 1 is 0.259 bits per heavy atom. The van der Waals surface area contributed by atoms with Crippen LogP contribution in [0.25, 0.3) is 0 Å². The Morgan fingerprint density at radius 3 is 0.259 bits per heavy atom. The van der Waals surface area contributed by atoms with E-state index in [2.05, 4.69) is 134 Å². The molecule has 0 aliphatic rings. The van der Waals surface area contributed by atoms with Crippen LogP contribution < -0.4 is 0 Å². The van der Waals surface area contributed by atoms with E-state index in [0.29, 0.717) is 0 Å². The minimum Gasteiger partial charge on any atom is -0.183 e. The van der Waals surface area contributed by atoms with Crippen LogP contribution in [0.1, 0.15) is 0 Å². The van der Waals surface area contributed by atoms with E-state index in [9.17, 15) is 0 Å². The Morgan fingerprint density at radius 2 is 0.259 bits per heavy atom. The van der Waals surface area contributed by atoms with Crippen molar-refractivity contribution < 1.29 is 0 Å². The molecule has 0 N–H and O–H groups in total. The van der Waals surface area contributed by atoms with E-state index in [0.717, 1.165) is 0 Å². The number of hydrogen-bond donors (Lipinski definition) is 11. The van der Waals surface area contributed by atoms with Gasteiger partial charge in [0.15, 0.2) is 0 Å². The zero-order chi connectivity index (χ0) is 25.5. The molecular formula is C11H44S16. The molecular weight excluding hydrogens is 645 g/mol. The predicted octanol–water partition coefficient (Wildman–Crippen LogP) is 9.25. The zero-order valence-electron chi connectivity index (χ0n) is 18.0. The minimum atomic E-state index is 1.44. The third kappa shape index (κ3) is 883. The maximum absolute atomic E-state index is 3.71. The van der Waals surface area contributed by atoms with E-state index < -0.39 is 0 Å². The largest absolute Gasteiger partial charge is 0.183 e. The van der Waals surface area contributed by atoms with Crippen LogP contribution >= 0.6 is 188 Å². The van der Waals surface area contributed by atoms with Crippen LogP contribution in [0.15, 0.2) is 0 Å². The summed E-state index contributed by atoms with van der Waals surface area (Å²) >= 11 is 39.7. The summed E-state index contributed by atoms with van der Waals surface area (Å²) in [6, 6.07) is 0. The Hall–Kier alpha value is 5.60. The van der Waals surface area contributed by atoms with Crippen molar-refractivity contribution in [1.82, 2.24) is 0 Å². The maximum Gasteiger partial charge on any atom is -0.00816 e. The van der Waals surface area contributed by atoms with Gasteiger partial charge in [0.2, 0.25) is 0 Å². The van der Waals surface area contributed by atoms with Crippen LogP contribution in [0.4, 0.5) is 0 Å². The monoisotopic (exact) mass is 688 g/mol. The maximum atomic E-state index is 3.71. The van der Waals surface area contributed by atoms with E-state index in [1.165, 1.54) is 54.0 Å². The number of thiol groups is 11. The lowest BCUT2D eigenvalue weighted by Gasteiger charge is -1.50. The summed E-state index contributed by atoms with van der Waals surface area (Å²) in [5.74, 6) is 0. The van der Waals surface area contributed by atoms with Crippen molar-refractivity contribution in [3.05, 3.63) is 0 Å². The van der Waals surface area contributed by atoms with Gasteiger partial charge >= 0.3 is 0 Å². The van der Waals surface area contributed by atoms with Gasteiger partial charge in [-0.2, -0.15) is 75.8 Å². The lowest BCUT2D eigenvalue weighted by molar-refractivity contribution is 2.55. The summed E-state index contributed by atoms with van der Waals surface area (Å²) in [6.45, 7) is 0. The summed E-state index contributed by atoms with van der Waals surface area (Å²) < 4.78 is 0. The second kappa shape index (κ2) is 263. The topological polar surface area (TPSA) is 0 Å². The van der Waals surface area contributed by atoms with E-state index in [1.54, 1.807) is 37.5 Å². The third-order valence-electron chi connectivity index (χ3n) is 0. The van der Waals surface area contributed by atoms with Crippen LogP contribution in [0.2, 0.25) is 0 Å². The number of hydrogen-bond acceptors (Lipinski definition) is 16. The fourth-order valence-electron chi connectivity index (χ4n) is 0. The first-order chi connectivity index (χ1) is 13.1. The van der Waals surface area contributed by atoms with Crippen molar-refractivity contribution in [2.75, 3.05) is 68.8 Å². The predicted molar refractivity (Wildman–Crippen MR) is 202 cm³/mol. The Kier molecular flexibility index (Phi) is 681. The summed E-state index contributed by atoms with van der Waals surface area (Å²) in [4.78, 5) is 0. The van der Waals surface area contributed by atoms with E-state index in [4.69, 9.17) is 0 Å². The van der Waals surface area contributed by atoms with Gasteiger partial charge in [0.05, 0.1) is 0 Å². The molecule has 0 saturated carbocycles. The summed E-state index contributed by atoms with van der Waals surface area (Å²) in [7, 11) is 7.22. The SMILES string of the molecule is CS.CS.CS.CS.CS.CS.CSS.CSS.CSS.CSS.CSS. The van der Waals surface area contributed by atoms with E-state index in [1.807, 2.05) is 31.3 Å². The molecule has 184 valence electrons. The van der Waals surface area contributed by atoms with Crippen LogP contribution in [-0.4, -0.2) is 68.8 Å². The van der Waals surface area contributed by atoms with Crippen molar-refractivity contribution in [3.63, 3.8) is 0 Å². The molecule has 0 saturated heterocycles. The van der Waals surface area contributed by atoms with Crippen molar-refractivity contribution in [3.8, 4) is 0 Å². The molecule has 0 nitrogen and oxygen atoms in total. The van der Waals surface area contributed by atoms with E-state index in [-0.39, 0.29) is 0 Å². The standard InChI is InChI=1S/5CH4S2.6CH4S/c5*1-3-2;6*1-2/h5*2H,1H3;6*2H,1H3. The van der Waals surface area contributed by atoms with Gasteiger partial charge in [0.25, 0.3) is 0 Å². The minimum absolute atomic E-state index is 1.44. The summed E-state index contributed by atoms with van der Waals surface area (Å²) in [5.41, 5.74) is 0. The summed E-state index contributed by atoms with van der Waals surface area (Å²) in [6.07, 6.45) is 19.7. The second-order valence-electron chi connectivity index (χ2n) is 0.913. The molecule has 0 unspecified atom stereocenters. The molecule has 0 aromatic heterocycles. The molecule has 27 heavy (non-hydrogen) atoms. The number of rotatable bonds is 0. The first kappa shape index (κ1) is 69.8. The highest BCUT2D eigenvalue weighted by Gasteiger charge is 1.35. The van der Waals surface area contributed by atoms with Crippen LogP contribution in [0.5, 0.6) is 0 Å². The smallest absolute Gasteiger partial charge is 0.00816 e. The first-order valence-electron chi connectivity index (χ1n) is 5.64. The molecule has 0 aromatic rings. The van der Waals surface area contributed by atoms with Gasteiger partial charge in [-0.3, -0.25) is 0 Å². The van der Waals surface area contributed by atoms with Crippen LogP contribution in [0.3, 0.4) is 0 Å². The van der Waals surface area contributed by atoms with Gasteiger partial charge in [0, 0.05) is 0 Å². The Balaban J connectivity index is -0.0000000117. The highest BCUT2D eigenvalue weighted by Crippen LogP contribution is 1.92. The molecule has 0 rings (SSSR count). The van der Waals surface area contributed by atoms with E-state index >= 15 is 0 Å². The highest BCUT2D eigenvalue weighted by atomic mass is 33.1. The molecule has 0 aliphatic heterocycles. The molecule has 0 spiro atoms. The summed E-state index contributed by atoms with van der Waals surface area (Å²) in [5, 5.41) is 0. The molecule has 0 radical (unpaired) electrons. The fraction of sp³-hybridized carbons (Fsp3) is 1.00. The third-order valence-corrected chi connectivity index (χ3v) is 0. The molecule has 0 bridgehead atoms. The van der Waals surface area contributed by atoms with Crippen LogP contribution in [-0.2, 0) is 0 Å². The van der Waals surface area contributed by atoms with Gasteiger partial charge in [-0.25, -0.2) is 0 Å². The lowest BCUT2D eigenvalue weighted by atomic mass is 12.0. The first-order valence-corrected chi connectivity index (χ1v) is 22.4.